The summed E-state index contributed by atoms with van der Waals surface area (Å²) < 4.78 is 0. The van der Waals surface area contributed by atoms with Crippen LogP contribution in [0.3, 0.4) is 0 Å². The maximum Gasteiger partial charge on any atom is 0.339 e. The van der Waals surface area contributed by atoms with E-state index in [0.717, 1.165) is 12.1 Å². The molecule has 18 heavy (non-hydrogen) atoms. The Labute approximate surface area is 107 Å². The van der Waals surface area contributed by atoms with Crippen LogP contribution < -0.4 is 5.32 Å². The molecule has 5 heteroatoms. The molecule has 0 fully saturated rings. The molecule has 0 spiro atoms. The third-order valence-electron chi connectivity index (χ3n) is 2.66. The average Bonchev–Trinajstić information content (AvgIpc) is 2.22. The Morgan fingerprint density at radius 2 is 2.17 bits per heavy atom. The minimum atomic E-state index is -0.974. The van der Waals surface area contributed by atoms with E-state index in [4.69, 9.17) is 10.2 Å². The SMILES string of the molecule is Cc1cc(NCCCC(C)O)c(C(=O)O)c(C)n1. The molecule has 0 aromatic carbocycles. The first-order valence-corrected chi connectivity index (χ1v) is 6.05. The number of carboxylic acids is 1. The lowest BCUT2D eigenvalue weighted by Crippen LogP contribution is -2.12. The van der Waals surface area contributed by atoms with Crippen LogP contribution >= 0.6 is 0 Å². The van der Waals surface area contributed by atoms with Gasteiger partial charge in [-0.15, -0.1) is 0 Å². The lowest BCUT2D eigenvalue weighted by atomic mass is 10.1. The summed E-state index contributed by atoms with van der Waals surface area (Å²) in [5.41, 5.74) is 2.12. The van der Waals surface area contributed by atoms with E-state index in [1.165, 1.54) is 0 Å². The van der Waals surface area contributed by atoms with Crippen LogP contribution in [-0.4, -0.2) is 33.8 Å². The van der Waals surface area contributed by atoms with Crippen molar-refractivity contribution in [2.24, 2.45) is 0 Å². The molecule has 1 unspecified atom stereocenters. The fourth-order valence-corrected chi connectivity index (χ4v) is 1.86. The Balaban J connectivity index is 2.77. The van der Waals surface area contributed by atoms with Gasteiger partial charge in [-0.3, -0.25) is 4.98 Å². The van der Waals surface area contributed by atoms with Crippen molar-refractivity contribution < 1.29 is 15.0 Å². The highest BCUT2D eigenvalue weighted by molar-refractivity contribution is 5.95. The fraction of sp³-hybridized carbons (Fsp3) is 0.538. The Bertz CT molecular complexity index is 430. The summed E-state index contributed by atoms with van der Waals surface area (Å²) in [6, 6.07) is 1.73. The van der Waals surface area contributed by atoms with E-state index >= 15 is 0 Å². The first-order chi connectivity index (χ1) is 8.41. The summed E-state index contributed by atoms with van der Waals surface area (Å²) in [5.74, 6) is -0.974. The second-order valence-electron chi connectivity index (χ2n) is 4.49. The van der Waals surface area contributed by atoms with Crippen LogP contribution in [-0.2, 0) is 0 Å². The van der Waals surface area contributed by atoms with Gasteiger partial charge in [-0.2, -0.15) is 0 Å². The standard InChI is InChI=1S/C13H20N2O3/c1-8-7-11(14-6-4-5-9(2)16)12(13(17)18)10(3)15-8/h7,9,16H,4-6H2,1-3H3,(H,14,15)(H,17,18). The zero-order valence-electron chi connectivity index (χ0n) is 11.0. The normalized spacial score (nSPS) is 12.2. The van der Waals surface area contributed by atoms with Crippen molar-refractivity contribution in [1.82, 2.24) is 4.98 Å². The number of rotatable bonds is 6. The number of hydrogen-bond acceptors (Lipinski definition) is 4. The minimum Gasteiger partial charge on any atom is -0.478 e. The molecular weight excluding hydrogens is 232 g/mol. The number of hydrogen-bond donors (Lipinski definition) is 3. The number of aromatic carboxylic acids is 1. The number of nitrogens with one attached hydrogen (secondary N) is 1. The van der Waals surface area contributed by atoms with E-state index in [1.54, 1.807) is 19.9 Å². The van der Waals surface area contributed by atoms with Crippen LogP contribution in [0.25, 0.3) is 0 Å². The van der Waals surface area contributed by atoms with Gasteiger partial charge < -0.3 is 15.5 Å². The predicted octanol–water partition coefficient (Wildman–Crippen LogP) is 1.97. The number of aryl methyl sites for hydroxylation is 2. The summed E-state index contributed by atoms with van der Waals surface area (Å²) in [6.45, 7) is 5.90. The van der Waals surface area contributed by atoms with E-state index in [1.807, 2.05) is 6.92 Å². The Hall–Kier alpha value is -1.62. The molecule has 5 nitrogen and oxygen atoms in total. The van der Waals surface area contributed by atoms with Gasteiger partial charge in [0.1, 0.15) is 5.56 Å². The summed E-state index contributed by atoms with van der Waals surface area (Å²) in [4.78, 5) is 15.3. The average molecular weight is 252 g/mol. The molecule has 1 rings (SSSR count). The molecule has 3 N–H and O–H groups in total. The van der Waals surface area contributed by atoms with Crippen LogP contribution in [0.1, 0.15) is 41.5 Å². The highest BCUT2D eigenvalue weighted by Gasteiger charge is 2.14. The van der Waals surface area contributed by atoms with Gasteiger partial charge in [-0.05, 0) is 39.7 Å². The summed E-state index contributed by atoms with van der Waals surface area (Å²) in [6.07, 6.45) is 1.15. The highest BCUT2D eigenvalue weighted by atomic mass is 16.4. The Morgan fingerprint density at radius 1 is 1.50 bits per heavy atom. The Kier molecular flexibility index (Phi) is 5.09. The first-order valence-electron chi connectivity index (χ1n) is 6.05. The molecule has 1 aromatic rings. The van der Waals surface area contributed by atoms with Crippen molar-refractivity contribution in [3.8, 4) is 0 Å². The minimum absolute atomic E-state index is 0.220. The third kappa shape index (κ3) is 4.00. The van der Waals surface area contributed by atoms with Gasteiger partial charge in [-0.25, -0.2) is 4.79 Å². The van der Waals surface area contributed by atoms with E-state index < -0.39 is 5.97 Å². The molecule has 1 atom stereocenters. The van der Waals surface area contributed by atoms with Crippen LogP contribution in [0, 0.1) is 13.8 Å². The molecular formula is C13H20N2O3. The molecule has 0 saturated heterocycles. The van der Waals surface area contributed by atoms with Crippen LogP contribution in [0.5, 0.6) is 0 Å². The van der Waals surface area contributed by atoms with Gasteiger partial charge >= 0.3 is 5.97 Å². The molecule has 100 valence electrons. The molecule has 0 amide bonds. The van der Waals surface area contributed by atoms with Crippen LogP contribution in [0.4, 0.5) is 5.69 Å². The van der Waals surface area contributed by atoms with Crippen molar-refractivity contribution in [1.29, 1.82) is 0 Å². The first kappa shape index (κ1) is 14.4. The molecule has 0 bridgehead atoms. The van der Waals surface area contributed by atoms with Gasteiger partial charge in [0.05, 0.1) is 17.5 Å². The molecule has 0 aliphatic carbocycles. The molecule has 0 saturated carbocycles. The Morgan fingerprint density at radius 3 is 2.72 bits per heavy atom. The van der Waals surface area contributed by atoms with E-state index in [2.05, 4.69) is 10.3 Å². The third-order valence-corrected chi connectivity index (χ3v) is 2.66. The van der Waals surface area contributed by atoms with Crippen molar-refractivity contribution >= 4 is 11.7 Å². The number of nitrogens with zero attached hydrogens (tertiary/aromatic N) is 1. The second kappa shape index (κ2) is 6.35. The van der Waals surface area contributed by atoms with Gasteiger partial charge in [0.25, 0.3) is 0 Å². The number of aromatic nitrogens is 1. The van der Waals surface area contributed by atoms with Crippen LogP contribution in [0.2, 0.25) is 0 Å². The maximum absolute atomic E-state index is 11.2. The number of aliphatic hydroxyl groups is 1. The van der Waals surface area contributed by atoms with Crippen LogP contribution in [0.15, 0.2) is 6.07 Å². The van der Waals surface area contributed by atoms with E-state index in [-0.39, 0.29) is 11.7 Å². The van der Waals surface area contributed by atoms with Gasteiger partial charge in [0, 0.05) is 12.2 Å². The lowest BCUT2D eigenvalue weighted by molar-refractivity contribution is 0.0696. The summed E-state index contributed by atoms with van der Waals surface area (Å²) >= 11 is 0. The maximum atomic E-state index is 11.2. The topological polar surface area (TPSA) is 82.5 Å². The van der Waals surface area contributed by atoms with Gasteiger partial charge in [0.15, 0.2) is 0 Å². The van der Waals surface area contributed by atoms with Crippen molar-refractivity contribution in [3.05, 3.63) is 23.0 Å². The molecule has 1 heterocycles. The number of pyridine rings is 1. The zero-order chi connectivity index (χ0) is 13.7. The largest absolute Gasteiger partial charge is 0.478 e. The van der Waals surface area contributed by atoms with E-state index in [0.29, 0.717) is 24.3 Å². The van der Waals surface area contributed by atoms with Crippen molar-refractivity contribution in [2.45, 2.75) is 39.7 Å². The molecule has 0 aliphatic heterocycles. The summed E-state index contributed by atoms with van der Waals surface area (Å²) in [5, 5.41) is 21.4. The fourth-order valence-electron chi connectivity index (χ4n) is 1.86. The molecule has 0 aliphatic rings. The van der Waals surface area contributed by atoms with Crippen molar-refractivity contribution in [2.75, 3.05) is 11.9 Å². The van der Waals surface area contributed by atoms with E-state index in [9.17, 15) is 4.79 Å². The highest BCUT2D eigenvalue weighted by Crippen LogP contribution is 2.19. The van der Waals surface area contributed by atoms with Crippen molar-refractivity contribution in [3.63, 3.8) is 0 Å². The number of anilines is 1. The quantitative estimate of drug-likeness (QED) is 0.674. The van der Waals surface area contributed by atoms with Gasteiger partial charge in [-0.1, -0.05) is 0 Å². The number of aliphatic hydroxyl groups excluding tert-OH is 1. The molecule has 0 radical (unpaired) electrons. The number of carboxylic acid groups (broad SMARTS) is 1. The number of carbonyl (C=O) groups is 1. The zero-order valence-corrected chi connectivity index (χ0v) is 11.0. The molecule has 1 aromatic heterocycles. The monoisotopic (exact) mass is 252 g/mol. The predicted molar refractivity (Wildman–Crippen MR) is 70.1 cm³/mol. The smallest absolute Gasteiger partial charge is 0.339 e. The van der Waals surface area contributed by atoms with Gasteiger partial charge in [0.2, 0.25) is 0 Å². The summed E-state index contributed by atoms with van der Waals surface area (Å²) in [7, 11) is 0. The lowest BCUT2D eigenvalue weighted by Gasteiger charge is -2.12. The second-order valence-corrected chi connectivity index (χ2v) is 4.49.